The minimum absolute atomic E-state index is 0.0862. The third-order valence-corrected chi connectivity index (χ3v) is 19.1. The van der Waals surface area contributed by atoms with Crippen LogP contribution in [0.4, 0.5) is 0 Å². The van der Waals surface area contributed by atoms with Crippen molar-refractivity contribution < 1.29 is 80.2 Å². The van der Waals surface area contributed by atoms with E-state index >= 15 is 0 Å². The Kier molecular flexibility index (Phi) is 71.2. The first-order valence-electron chi connectivity index (χ1n) is 40.2. The average molecular weight is 1450 g/mol. The maximum atomic E-state index is 13.1. The number of carbonyl (C=O) groups is 4. The van der Waals surface area contributed by atoms with Crippen molar-refractivity contribution in [2.24, 2.45) is 0 Å². The summed E-state index contributed by atoms with van der Waals surface area (Å²) in [7, 11) is -9.96. The van der Waals surface area contributed by atoms with E-state index in [4.69, 9.17) is 37.0 Å². The molecule has 0 aliphatic rings. The highest BCUT2D eigenvalue weighted by molar-refractivity contribution is 7.47. The van der Waals surface area contributed by atoms with Gasteiger partial charge in [0.15, 0.2) is 12.2 Å². The maximum absolute atomic E-state index is 13.1. The van der Waals surface area contributed by atoms with Crippen LogP contribution in [0.3, 0.4) is 0 Å². The van der Waals surface area contributed by atoms with Crippen molar-refractivity contribution in [2.75, 3.05) is 39.6 Å². The molecule has 0 saturated heterocycles. The van der Waals surface area contributed by atoms with Gasteiger partial charge in [-0.3, -0.25) is 37.3 Å². The van der Waals surface area contributed by atoms with E-state index in [1.807, 2.05) is 0 Å². The summed E-state index contributed by atoms with van der Waals surface area (Å²) in [4.78, 5) is 73.0. The zero-order valence-corrected chi connectivity index (χ0v) is 65.4. The van der Waals surface area contributed by atoms with Crippen LogP contribution in [0.2, 0.25) is 0 Å². The molecule has 0 heterocycles. The van der Waals surface area contributed by atoms with E-state index in [0.29, 0.717) is 25.7 Å². The molecule has 17 nitrogen and oxygen atoms in total. The molecule has 0 aliphatic heterocycles. The molecule has 5 unspecified atom stereocenters. The summed E-state index contributed by atoms with van der Waals surface area (Å²) >= 11 is 0. The molecule has 19 heteroatoms. The number of aliphatic hydroxyl groups is 1. The Morgan fingerprint density at radius 1 is 0.290 bits per heavy atom. The standard InChI is InChI=1S/C81H146O17P2/c1-5-9-13-17-21-25-29-33-37-41-45-49-53-57-61-65-78(83)91-71-76(97-80(85)67-63-59-55-51-47-43-39-35-31-27-23-19-15-11-7-3)73-95-99(87,88)93-69-75(82)70-94-100(89,90)96-74-77(98-81(86)68-64-60-56-52-48-44-40-36-32-28-24-20-16-12-8-4)72-92-79(84)66-62-58-54-50-46-42-38-34-30-26-22-18-14-10-6-2/h9,13,21,25,33-34,36-38,40,45,49,75-77,82H,5-8,10-12,14-20,22-24,26-32,35,39,41-44,46-48,50-74H2,1-4H3,(H,87,88)(H,89,90)/b13-9-,25-21-,37-33-,38-34-,40-36-,49-45-. The van der Waals surface area contributed by atoms with E-state index < -0.39 is 97.5 Å². The Morgan fingerprint density at radius 2 is 0.520 bits per heavy atom. The van der Waals surface area contributed by atoms with E-state index in [2.05, 4.69) is 101 Å². The third-order valence-electron chi connectivity index (χ3n) is 17.2. The molecule has 0 aromatic heterocycles. The van der Waals surface area contributed by atoms with Gasteiger partial charge in [-0.1, -0.05) is 293 Å². The number of carbonyl (C=O) groups excluding carboxylic acids is 4. The molecule has 3 N–H and O–H groups in total. The fourth-order valence-corrected chi connectivity index (χ4v) is 12.6. The highest BCUT2D eigenvalue weighted by Crippen LogP contribution is 2.45. The molecule has 5 atom stereocenters. The first kappa shape index (κ1) is 96.5. The normalized spacial score (nSPS) is 14.3. The molecule has 0 aromatic rings. The van der Waals surface area contributed by atoms with Gasteiger partial charge < -0.3 is 33.8 Å². The molecule has 0 saturated carbocycles. The average Bonchev–Trinajstić information content (AvgIpc) is 1.01. The fourth-order valence-electron chi connectivity index (χ4n) is 11.0. The first-order valence-corrected chi connectivity index (χ1v) is 43.2. The fraction of sp³-hybridized carbons (Fsp3) is 0.802. The highest BCUT2D eigenvalue weighted by atomic mass is 31.2. The lowest BCUT2D eigenvalue weighted by Gasteiger charge is -2.21. The third kappa shape index (κ3) is 72.8. The van der Waals surface area contributed by atoms with Crippen molar-refractivity contribution in [3.63, 3.8) is 0 Å². The van der Waals surface area contributed by atoms with E-state index in [0.717, 1.165) is 141 Å². The molecular formula is C81H146O17P2. The van der Waals surface area contributed by atoms with Crippen molar-refractivity contribution in [3.8, 4) is 0 Å². The van der Waals surface area contributed by atoms with E-state index in [9.17, 15) is 43.2 Å². The number of phosphoric ester groups is 2. The summed E-state index contributed by atoms with van der Waals surface area (Å²) in [5, 5.41) is 10.6. The summed E-state index contributed by atoms with van der Waals surface area (Å²) in [6.07, 6.45) is 74.5. The molecule has 0 rings (SSSR count). The lowest BCUT2D eigenvalue weighted by atomic mass is 10.0. The minimum Gasteiger partial charge on any atom is -0.462 e. The number of aliphatic hydroxyl groups excluding tert-OH is 1. The van der Waals surface area contributed by atoms with E-state index in [1.165, 1.54) is 141 Å². The Hall–Kier alpha value is -3.50. The maximum Gasteiger partial charge on any atom is 0.472 e. The van der Waals surface area contributed by atoms with Gasteiger partial charge in [-0.05, 0) is 116 Å². The van der Waals surface area contributed by atoms with Crippen LogP contribution >= 0.6 is 15.6 Å². The number of allylic oxidation sites excluding steroid dienone is 12. The molecule has 0 spiro atoms. The van der Waals surface area contributed by atoms with E-state index in [-0.39, 0.29) is 25.7 Å². The summed E-state index contributed by atoms with van der Waals surface area (Å²) < 4.78 is 68.6. The smallest absolute Gasteiger partial charge is 0.462 e. The number of rotatable bonds is 76. The van der Waals surface area contributed by atoms with Gasteiger partial charge in [0, 0.05) is 25.7 Å². The summed E-state index contributed by atoms with van der Waals surface area (Å²) in [5.41, 5.74) is 0. The van der Waals surface area contributed by atoms with Crippen LogP contribution in [-0.4, -0.2) is 96.7 Å². The number of hydrogen-bond donors (Lipinski definition) is 3. The predicted octanol–water partition coefficient (Wildman–Crippen LogP) is 23.2. The summed E-state index contributed by atoms with van der Waals surface area (Å²) in [6, 6.07) is 0. The number of ether oxygens (including phenoxy) is 4. The molecule has 0 bridgehead atoms. The molecule has 0 aromatic carbocycles. The number of esters is 4. The quantitative estimate of drug-likeness (QED) is 0.0169. The predicted molar refractivity (Wildman–Crippen MR) is 409 cm³/mol. The number of hydrogen-bond acceptors (Lipinski definition) is 15. The number of phosphoric acid groups is 2. The lowest BCUT2D eigenvalue weighted by molar-refractivity contribution is -0.161. The van der Waals surface area contributed by atoms with Crippen LogP contribution in [0, 0.1) is 0 Å². The second-order valence-corrected chi connectivity index (χ2v) is 29.9. The Balaban J connectivity index is 5.37. The topological polar surface area (TPSA) is 237 Å². The minimum atomic E-state index is -4.98. The van der Waals surface area contributed by atoms with Gasteiger partial charge >= 0.3 is 39.5 Å². The van der Waals surface area contributed by atoms with Gasteiger partial charge in [0.25, 0.3) is 0 Å². The van der Waals surface area contributed by atoms with Gasteiger partial charge in [-0.25, -0.2) is 9.13 Å². The molecule has 0 amide bonds. The van der Waals surface area contributed by atoms with Crippen LogP contribution < -0.4 is 0 Å². The van der Waals surface area contributed by atoms with Crippen LogP contribution in [0.1, 0.15) is 362 Å². The Bertz CT molecular complexity index is 2180. The summed E-state index contributed by atoms with van der Waals surface area (Å²) in [5.74, 6) is -2.21. The Labute approximate surface area is 609 Å². The van der Waals surface area contributed by atoms with Crippen molar-refractivity contribution in [1.82, 2.24) is 0 Å². The van der Waals surface area contributed by atoms with E-state index in [1.54, 1.807) is 0 Å². The van der Waals surface area contributed by atoms with Crippen LogP contribution in [0.15, 0.2) is 72.9 Å². The first-order chi connectivity index (χ1) is 48.7. The SMILES string of the molecule is CC/C=C\C/C=C\C/C=C\C/C=C\CCCCC(=O)OCC(COP(=O)(O)OCC(O)COP(=O)(O)OCC(COC(=O)CCCCCCC/C=C\CCCCCCCC)OC(=O)CCCCCCC/C=C\CCCCCCCC)OC(=O)CCCCCCCCCCCCCCCCC. The van der Waals surface area contributed by atoms with Crippen molar-refractivity contribution in [1.29, 1.82) is 0 Å². The monoisotopic (exact) mass is 1450 g/mol. The second kappa shape index (κ2) is 73.8. The van der Waals surface area contributed by atoms with Crippen LogP contribution in [-0.2, 0) is 65.4 Å². The zero-order chi connectivity index (χ0) is 73.2. The van der Waals surface area contributed by atoms with Crippen molar-refractivity contribution in [2.45, 2.75) is 380 Å². The largest absolute Gasteiger partial charge is 0.472 e. The zero-order valence-electron chi connectivity index (χ0n) is 63.6. The molecule has 0 fully saturated rings. The lowest BCUT2D eigenvalue weighted by Crippen LogP contribution is -2.30. The van der Waals surface area contributed by atoms with Gasteiger partial charge in [0.2, 0.25) is 0 Å². The van der Waals surface area contributed by atoms with Crippen molar-refractivity contribution in [3.05, 3.63) is 72.9 Å². The van der Waals surface area contributed by atoms with Gasteiger partial charge in [-0.2, -0.15) is 0 Å². The second-order valence-electron chi connectivity index (χ2n) is 27.0. The van der Waals surface area contributed by atoms with Gasteiger partial charge in [0.05, 0.1) is 26.4 Å². The van der Waals surface area contributed by atoms with Crippen LogP contribution in [0.25, 0.3) is 0 Å². The highest BCUT2D eigenvalue weighted by Gasteiger charge is 2.30. The Morgan fingerprint density at radius 3 is 0.830 bits per heavy atom. The molecule has 0 radical (unpaired) electrons. The molecule has 100 heavy (non-hydrogen) atoms. The van der Waals surface area contributed by atoms with Gasteiger partial charge in [0.1, 0.15) is 19.3 Å². The van der Waals surface area contributed by atoms with Crippen LogP contribution in [0.5, 0.6) is 0 Å². The van der Waals surface area contributed by atoms with Crippen molar-refractivity contribution >= 4 is 39.5 Å². The molecule has 0 aliphatic carbocycles. The van der Waals surface area contributed by atoms with Gasteiger partial charge in [-0.15, -0.1) is 0 Å². The molecule has 582 valence electrons. The molecular weight excluding hydrogens is 1310 g/mol. The number of unbranched alkanes of at least 4 members (excludes halogenated alkanes) is 38. The summed E-state index contributed by atoms with van der Waals surface area (Å²) in [6.45, 7) is 4.75.